The Bertz CT molecular complexity index is 564. The van der Waals surface area contributed by atoms with Gasteiger partial charge in [-0.25, -0.2) is 13.1 Å². The molecule has 104 valence electrons. The summed E-state index contributed by atoms with van der Waals surface area (Å²) in [4.78, 5) is 0.0898. The van der Waals surface area contributed by atoms with Crippen molar-refractivity contribution in [2.75, 3.05) is 6.54 Å². The second-order valence-electron chi connectivity index (χ2n) is 4.21. The molecule has 0 aliphatic carbocycles. The molecule has 1 aromatic rings. The minimum Gasteiger partial charge on any atom is -0.211 e. The van der Waals surface area contributed by atoms with Gasteiger partial charge in [-0.15, -0.1) is 0 Å². The number of nitriles is 1. The average Bonchev–Trinajstić information content (AvgIpc) is 2.38. The molecule has 0 radical (unpaired) electrons. The minimum atomic E-state index is -3.54. The van der Waals surface area contributed by atoms with Crippen LogP contribution in [0.3, 0.4) is 0 Å². The molecule has 0 spiro atoms. The molecule has 1 N–H and O–H groups in total. The van der Waals surface area contributed by atoms with Gasteiger partial charge in [0.05, 0.1) is 15.5 Å². The van der Waals surface area contributed by atoms with E-state index in [0.29, 0.717) is 6.54 Å². The third-order valence-electron chi connectivity index (χ3n) is 2.69. The number of nitrogens with one attached hydrogen (secondary N) is 1. The van der Waals surface area contributed by atoms with Crippen LogP contribution in [0.25, 0.3) is 0 Å². The van der Waals surface area contributed by atoms with Gasteiger partial charge in [-0.05, 0) is 24.6 Å². The molecule has 0 saturated carbocycles. The highest BCUT2D eigenvalue weighted by atomic mass is 35.5. The fourth-order valence-electron chi connectivity index (χ4n) is 1.60. The first-order chi connectivity index (χ1) is 9.01. The molecule has 0 fully saturated rings. The van der Waals surface area contributed by atoms with E-state index in [9.17, 15) is 8.42 Å². The van der Waals surface area contributed by atoms with Crippen LogP contribution in [0.5, 0.6) is 0 Å². The highest BCUT2D eigenvalue weighted by Crippen LogP contribution is 2.20. The van der Waals surface area contributed by atoms with Gasteiger partial charge in [0.1, 0.15) is 6.07 Å². The highest BCUT2D eigenvalue weighted by molar-refractivity contribution is 7.89. The van der Waals surface area contributed by atoms with Gasteiger partial charge in [0.2, 0.25) is 10.0 Å². The van der Waals surface area contributed by atoms with Crippen LogP contribution in [0, 0.1) is 11.3 Å². The summed E-state index contributed by atoms with van der Waals surface area (Å²) in [5.74, 6) is 0. The Kier molecular flexibility index (Phi) is 6.29. The third kappa shape index (κ3) is 4.83. The molecule has 0 heterocycles. The number of hydrogen-bond acceptors (Lipinski definition) is 3. The molecular weight excluding hydrogens is 284 g/mol. The number of halogens is 1. The molecule has 0 aliphatic heterocycles. The van der Waals surface area contributed by atoms with Crippen molar-refractivity contribution in [3.63, 3.8) is 0 Å². The summed E-state index contributed by atoms with van der Waals surface area (Å²) in [5, 5.41) is 8.89. The van der Waals surface area contributed by atoms with E-state index in [1.54, 1.807) is 0 Å². The van der Waals surface area contributed by atoms with Gasteiger partial charge < -0.3 is 0 Å². The molecule has 19 heavy (non-hydrogen) atoms. The summed E-state index contributed by atoms with van der Waals surface area (Å²) in [5.41, 5.74) is 0.267. The molecule has 6 heteroatoms. The van der Waals surface area contributed by atoms with E-state index in [-0.39, 0.29) is 15.5 Å². The van der Waals surface area contributed by atoms with Gasteiger partial charge in [-0.2, -0.15) is 5.26 Å². The quantitative estimate of drug-likeness (QED) is 0.787. The summed E-state index contributed by atoms with van der Waals surface area (Å²) in [7, 11) is -3.54. The van der Waals surface area contributed by atoms with Crippen LogP contribution < -0.4 is 4.72 Å². The van der Waals surface area contributed by atoms with E-state index in [0.717, 1.165) is 25.7 Å². The molecule has 1 rings (SSSR count). The Morgan fingerprint density at radius 2 is 2.05 bits per heavy atom. The zero-order valence-corrected chi connectivity index (χ0v) is 12.4. The summed E-state index contributed by atoms with van der Waals surface area (Å²) < 4.78 is 26.5. The fraction of sp³-hybridized carbons (Fsp3) is 0.462. The Labute approximate surface area is 119 Å². The molecule has 0 atom stereocenters. The van der Waals surface area contributed by atoms with Crippen molar-refractivity contribution < 1.29 is 8.42 Å². The molecule has 0 saturated heterocycles. The number of unbranched alkanes of at least 4 members (excludes halogenated alkanes) is 3. The van der Waals surface area contributed by atoms with Crippen molar-refractivity contribution in [1.82, 2.24) is 4.72 Å². The monoisotopic (exact) mass is 300 g/mol. The van der Waals surface area contributed by atoms with Gasteiger partial charge in [-0.1, -0.05) is 37.8 Å². The van der Waals surface area contributed by atoms with Gasteiger partial charge in [-0.3, -0.25) is 0 Å². The van der Waals surface area contributed by atoms with Crippen molar-refractivity contribution in [3.8, 4) is 6.07 Å². The van der Waals surface area contributed by atoms with Crippen LogP contribution >= 0.6 is 11.6 Å². The fourth-order valence-corrected chi connectivity index (χ4v) is 2.98. The highest BCUT2D eigenvalue weighted by Gasteiger charge is 2.14. The van der Waals surface area contributed by atoms with Crippen molar-refractivity contribution in [2.24, 2.45) is 0 Å². The van der Waals surface area contributed by atoms with Crippen molar-refractivity contribution >= 4 is 21.6 Å². The first-order valence-corrected chi connectivity index (χ1v) is 8.06. The van der Waals surface area contributed by atoms with Gasteiger partial charge in [0.15, 0.2) is 0 Å². The molecular formula is C13H17ClN2O2S. The Morgan fingerprint density at radius 3 is 2.63 bits per heavy atom. The molecule has 1 aromatic carbocycles. The van der Waals surface area contributed by atoms with Gasteiger partial charge in [0, 0.05) is 6.54 Å². The summed E-state index contributed by atoms with van der Waals surface area (Å²) >= 11 is 5.82. The van der Waals surface area contributed by atoms with E-state index in [4.69, 9.17) is 16.9 Å². The first kappa shape index (κ1) is 16.0. The smallest absolute Gasteiger partial charge is 0.211 e. The van der Waals surface area contributed by atoms with Crippen molar-refractivity contribution in [2.45, 2.75) is 37.5 Å². The van der Waals surface area contributed by atoms with Crippen LogP contribution in [-0.4, -0.2) is 15.0 Å². The molecule has 0 amide bonds. The zero-order chi connectivity index (χ0) is 14.3. The van der Waals surface area contributed by atoms with Gasteiger partial charge >= 0.3 is 0 Å². The molecule has 0 unspecified atom stereocenters. The van der Waals surface area contributed by atoms with Crippen molar-refractivity contribution in [3.05, 3.63) is 28.8 Å². The number of nitrogens with zero attached hydrogens (tertiary/aromatic N) is 1. The van der Waals surface area contributed by atoms with E-state index < -0.39 is 10.0 Å². The van der Waals surface area contributed by atoms with E-state index in [2.05, 4.69) is 11.6 Å². The van der Waals surface area contributed by atoms with Crippen LogP contribution in [-0.2, 0) is 10.0 Å². The Hall–Kier alpha value is -1.09. The maximum absolute atomic E-state index is 12.0. The van der Waals surface area contributed by atoms with Crippen LogP contribution in [0.4, 0.5) is 0 Å². The maximum atomic E-state index is 12.0. The lowest BCUT2D eigenvalue weighted by atomic mass is 10.2. The van der Waals surface area contributed by atoms with Crippen LogP contribution in [0.2, 0.25) is 5.02 Å². The largest absolute Gasteiger partial charge is 0.240 e. The molecule has 4 nitrogen and oxygen atoms in total. The number of rotatable bonds is 7. The number of hydrogen-bond donors (Lipinski definition) is 1. The van der Waals surface area contributed by atoms with Gasteiger partial charge in [0.25, 0.3) is 0 Å². The zero-order valence-electron chi connectivity index (χ0n) is 10.8. The lowest BCUT2D eigenvalue weighted by Crippen LogP contribution is -2.24. The van der Waals surface area contributed by atoms with Crippen LogP contribution in [0.1, 0.15) is 38.2 Å². The molecule has 0 aromatic heterocycles. The number of sulfonamides is 1. The Morgan fingerprint density at radius 1 is 1.32 bits per heavy atom. The average molecular weight is 301 g/mol. The summed E-state index contributed by atoms with van der Waals surface area (Å²) in [6, 6.07) is 5.99. The van der Waals surface area contributed by atoms with E-state index >= 15 is 0 Å². The maximum Gasteiger partial charge on any atom is 0.240 e. The van der Waals surface area contributed by atoms with E-state index in [1.165, 1.54) is 18.2 Å². The SMILES string of the molecule is CCCCCCNS(=O)(=O)c1ccc(C#N)c(Cl)c1. The van der Waals surface area contributed by atoms with Crippen LogP contribution in [0.15, 0.2) is 23.1 Å². The molecule has 0 bridgehead atoms. The second kappa shape index (κ2) is 7.49. The predicted molar refractivity (Wildman–Crippen MR) is 75.5 cm³/mol. The normalized spacial score (nSPS) is 11.2. The van der Waals surface area contributed by atoms with E-state index in [1.807, 2.05) is 6.07 Å². The minimum absolute atomic E-state index is 0.0898. The topological polar surface area (TPSA) is 70.0 Å². The summed E-state index contributed by atoms with van der Waals surface area (Å²) in [6.07, 6.45) is 4.03. The van der Waals surface area contributed by atoms with Crippen molar-refractivity contribution in [1.29, 1.82) is 5.26 Å². The lowest BCUT2D eigenvalue weighted by Gasteiger charge is -2.07. The first-order valence-electron chi connectivity index (χ1n) is 6.20. The standard InChI is InChI=1S/C13H17ClN2O2S/c1-2-3-4-5-8-16-19(17,18)12-7-6-11(10-15)13(14)9-12/h6-7,9,16H,2-5,8H2,1H3. The third-order valence-corrected chi connectivity index (χ3v) is 4.47. The summed E-state index contributed by atoms with van der Waals surface area (Å²) in [6.45, 7) is 2.52. The predicted octanol–water partition coefficient (Wildman–Crippen LogP) is 3.07. The lowest BCUT2D eigenvalue weighted by molar-refractivity contribution is 0.573. The molecule has 0 aliphatic rings. The Balaban J connectivity index is 2.68. The number of benzene rings is 1. The second-order valence-corrected chi connectivity index (χ2v) is 6.39.